The van der Waals surface area contributed by atoms with Crippen molar-refractivity contribution in [2.75, 3.05) is 0 Å². The molecule has 0 spiro atoms. The van der Waals surface area contributed by atoms with Crippen LogP contribution in [0.1, 0.15) is 27.7 Å². The third kappa shape index (κ3) is 3.61. The summed E-state index contributed by atoms with van der Waals surface area (Å²) in [7, 11) is 0. The molecule has 0 saturated carbocycles. The van der Waals surface area contributed by atoms with Gasteiger partial charge in [-0.05, 0) is 62.7 Å². The molecule has 0 radical (unpaired) electrons. The maximum Gasteiger partial charge on any atom is 0.279 e. The average Bonchev–Trinajstić information content (AvgIpc) is 2.91. The Hall–Kier alpha value is -2.53. The molecule has 0 fully saturated rings. The van der Waals surface area contributed by atoms with Crippen molar-refractivity contribution in [3.8, 4) is 11.3 Å². The molecule has 3 rings (SSSR count). The van der Waals surface area contributed by atoms with Gasteiger partial charge in [-0.1, -0.05) is 17.7 Å². The molecule has 0 aliphatic heterocycles. The Kier molecular flexibility index (Phi) is 4.95. The molecule has 1 heterocycles. The highest BCUT2D eigenvalue weighted by atomic mass is 32.1. The molecule has 5 heteroatoms. The van der Waals surface area contributed by atoms with Crippen molar-refractivity contribution in [1.29, 1.82) is 0 Å². The Morgan fingerprint density at radius 2 is 1.72 bits per heavy atom. The Morgan fingerprint density at radius 1 is 1.08 bits per heavy atom. The summed E-state index contributed by atoms with van der Waals surface area (Å²) in [4.78, 5) is 18.5. The van der Waals surface area contributed by atoms with E-state index in [0.717, 1.165) is 21.7 Å². The third-order valence-electron chi connectivity index (χ3n) is 4.01. The number of nitrogens with zero attached hydrogens (tertiary/aromatic N) is 2. The number of carbonyl (C=O) groups is 1. The fourth-order valence-corrected chi connectivity index (χ4v) is 3.77. The van der Waals surface area contributed by atoms with Gasteiger partial charge in [0.2, 0.25) is 0 Å². The standard InChI is InChI=1S/C20H19FN2OS/c1-4-23-18(15-9-11-17(21)12-10-15)14(3)25-20(23)22-19(24)16-7-5-13(2)6-8-16/h5-12H,4H2,1-3H3. The van der Waals surface area contributed by atoms with Crippen LogP contribution in [0.4, 0.5) is 4.39 Å². The highest BCUT2D eigenvalue weighted by molar-refractivity contribution is 7.09. The number of aryl methyl sites for hydroxylation is 2. The van der Waals surface area contributed by atoms with Crippen LogP contribution in [-0.4, -0.2) is 10.5 Å². The van der Waals surface area contributed by atoms with E-state index in [9.17, 15) is 9.18 Å². The van der Waals surface area contributed by atoms with E-state index in [4.69, 9.17) is 0 Å². The molecule has 0 aliphatic rings. The van der Waals surface area contributed by atoms with Gasteiger partial charge in [0, 0.05) is 17.0 Å². The molecular formula is C20H19FN2OS. The summed E-state index contributed by atoms with van der Waals surface area (Å²) < 4.78 is 15.2. The van der Waals surface area contributed by atoms with E-state index in [1.165, 1.54) is 23.5 Å². The first kappa shape index (κ1) is 17.3. The number of thiazole rings is 1. The van der Waals surface area contributed by atoms with E-state index >= 15 is 0 Å². The van der Waals surface area contributed by atoms with E-state index < -0.39 is 0 Å². The molecule has 128 valence electrons. The summed E-state index contributed by atoms with van der Waals surface area (Å²) in [6.45, 7) is 6.66. The first-order valence-electron chi connectivity index (χ1n) is 8.11. The van der Waals surface area contributed by atoms with Gasteiger partial charge in [-0.25, -0.2) is 4.39 Å². The fourth-order valence-electron chi connectivity index (χ4n) is 2.72. The Morgan fingerprint density at radius 3 is 2.32 bits per heavy atom. The van der Waals surface area contributed by atoms with Gasteiger partial charge in [-0.2, -0.15) is 4.99 Å². The van der Waals surface area contributed by atoms with Crippen LogP contribution in [0, 0.1) is 19.7 Å². The van der Waals surface area contributed by atoms with Crippen LogP contribution in [0.25, 0.3) is 11.3 Å². The lowest BCUT2D eigenvalue weighted by atomic mass is 10.1. The van der Waals surface area contributed by atoms with Crippen molar-refractivity contribution >= 4 is 17.2 Å². The molecule has 0 bridgehead atoms. The first-order valence-corrected chi connectivity index (χ1v) is 8.93. The molecule has 25 heavy (non-hydrogen) atoms. The lowest BCUT2D eigenvalue weighted by Gasteiger charge is -2.07. The first-order chi connectivity index (χ1) is 12.0. The third-order valence-corrected chi connectivity index (χ3v) is 5.00. The SMILES string of the molecule is CCn1c(-c2ccc(F)cc2)c(C)sc1=NC(=O)c1ccc(C)cc1. The van der Waals surface area contributed by atoms with E-state index in [1.807, 2.05) is 37.5 Å². The zero-order chi connectivity index (χ0) is 18.0. The van der Waals surface area contributed by atoms with E-state index in [2.05, 4.69) is 4.99 Å². The molecule has 1 aromatic heterocycles. The van der Waals surface area contributed by atoms with Crippen molar-refractivity contribution in [3.63, 3.8) is 0 Å². The van der Waals surface area contributed by atoms with Gasteiger partial charge >= 0.3 is 0 Å². The summed E-state index contributed by atoms with van der Waals surface area (Å²) in [6, 6.07) is 13.8. The molecular weight excluding hydrogens is 335 g/mol. The molecule has 0 saturated heterocycles. The predicted molar refractivity (Wildman–Crippen MR) is 99.2 cm³/mol. The minimum atomic E-state index is -0.265. The summed E-state index contributed by atoms with van der Waals surface area (Å²) in [6.07, 6.45) is 0. The highest BCUT2D eigenvalue weighted by Crippen LogP contribution is 2.25. The van der Waals surface area contributed by atoms with Crippen LogP contribution >= 0.6 is 11.3 Å². The maximum atomic E-state index is 13.2. The van der Waals surface area contributed by atoms with Gasteiger partial charge in [0.15, 0.2) is 4.80 Å². The predicted octanol–water partition coefficient (Wildman–Crippen LogP) is 4.73. The van der Waals surface area contributed by atoms with E-state index in [-0.39, 0.29) is 11.7 Å². The lowest BCUT2D eigenvalue weighted by molar-refractivity contribution is 0.0998. The zero-order valence-electron chi connectivity index (χ0n) is 14.4. The van der Waals surface area contributed by atoms with Gasteiger partial charge in [0.05, 0.1) is 5.69 Å². The second kappa shape index (κ2) is 7.15. The van der Waals surface area contributed by atoms with Crippen molar-refractivity contribution in [2.45, 2.75) is 27.3 Å². The van der Waals surface area contributed by atoms with Crippen LogP contribution in [0.3, 0.4) is 0 Å². The van der Waals surface area contributed by atoms with E-state index in [0.29, 0.717) is 16.9 Å². The Labute approximate surface area is 150 Å². The molecule has 1 amide bonds. The average molecular weight is 354 g/mol. The summed E-state index contributed by atoms with van der Waals surface area (Å²) in [5.41, 5.74) is 3.57. The minimum absolute atomic E-state index is 0.255. The molecule has 0 aliphatic carbocycles. The number of amides is 1. The quantitative estimate of drug-likeness (QED) is 0.669. The van der Waals surface area contributed by atoms with Gasteiger partial charge < -0.3 is 4.57 Å². The number of carbonyl (C=O) groups excluding carboxylic acids is 1. The number of benzene rings is 2. The van der Waals surface area contributed by atoms with Gasteiger partial charge in [-0.15, -0.1) is 11.3 Å². The van der Waals surface area contributed by atoms with Crippen molar-refractivity contribution in [2.24, 2.45) is 4.99 Å². The van der Waals surface area contributed by atoms with E-state index in [1.54, 1.807) is 24.3 Å². The van der Waals surface area contributed by atoms with Gasteiger partial charge in [-0.3, -0.25) is 4.79 Å². The lowest BCUT2D eigenvalue weighted by Crippen LogP contribution is -2.17. The van der Waals surface area contributed by atoms with Crippen LogP contribution < -0.4 is 4.80 Å². The van der Waals surface area contributed by atoms with Gasteiger partial charge in [0.1, 0.15) is 5.82 Å². The number of aromatic nitrogens is 1. The number of rotatable bonds is 3. The van der Waals surface area contributed by atoms with Crippen LogP contribution in [0.15, 0.2) is 53.5 Å². The zero-order valence-corrected chi connectivity index (χ0v) is 15.2. The highest BCUT2D eigenvalue weighted by Gasteiger charge is 2.13. The molecule has 0 unspecified atom stereocenters. The monoisotopic (exact) mass is 354 g/mol. The summed E-state index contributed by atoms with van der Waals surface area (Å²) in [5, 5.41) is 0. The summed E-state index contributed by atoms with van der Waals surface area (Å²) >= 11 is 1.47. The fraction of sp³-hybridized carbons (Fsp3) is 0.200. The normalized spacial score (nSPS) is 11.8. The second-order valence-electron chi connectivity index (χ2n) is 5.82. The van der Waals surface area contributed by atoms with Crippen molar-refractivity contribution in [1.82, 2.24) is 4.57 Å². The molecule has 3 aromatic rings. The molecule has 3 nitrogen and oxygen atoms in total. The van der Waals surface area contributed by atoms with Crippen LogP contribution in [0.5, 0.6) is 0 Å². The topological polar surface area (TPSA) is 34.4 Å². The number of halogens is 1. The van der Waals surface area contributed by atoms with Crippen molar-refractivity contribution < 1.29 is 9.18 Å². The minimum Gasteiger partial charge on any atom is -0.316 e. The smallest absolute Gasteiger partial charge is 0.279 e. The van der Waals surface area contributed by atoms with Crippen LogP contribution in [0.2, 0.25) is 0 Å². The Balaban J connectivity index is 2.08. The Bertz CT molecular complexity index is 966. The number of hydrogen-bond acceptors (Lipinski definition) is 2. The largest absolute Gasteiger partial charge is 0.316 e. The summed E-state index contributed by atoms with van der Waals surface area (Å²) in [5.74, 6) is -0.520. The maximum absolute atomic E-state index is 13.2. The molecule has 2 aromatic carbocycles. The molecule has 0 atom stereocenters. The van der Waals surface area contributed by atoms with Crippen molar-refractivity contribution in [3.05, 3.63) is 75.2 Å². The molecule has 0 N–H and O–H groups in total. The number of hydrogen-bond donors (Lipinski definition) is 0. The van der Waals surface area contributed by atoms with Crippen LogP contribution in [-0.2, 0) is 6.54 Å². The second-order valence-corrected chi connectivity index (χ2v) is 7.01. The van der Waals surface area contributed by atoms with Gasteiger partial charge in [0.25, 0.3) is 5.91 Å².